The van der Waals surface area contributed by atoms with Crippen LogP contribution in [-0.2, 0) is 37.9 Å². The summed E-state index contributed by atoms with van der Waals surface area (Å²) < 4.78 is 16.5. The van der Waals surface area contributed by atoms with Crippen molar-refractivity contribution >= 4 is 43.6 Å². The van der Waals surface area contributed by atoms with Gasteiger partial charge < -0.3 is 45.2 Å². The van der Waals surface area contributed by atoms with Crippen LogP contribution in [0.5, 0.6) is 0 Å². The number of hydrogen-bond donors (Lipinski definition) is 5. The van der Waals surface area contributed by atoms with Crippen LogP contribution in [0.1, 0.15) is 65.2 Å². The second kappa shape index (κ2) is 14.5. The average molecular weight is 643 g/mol. The number of aldehydes is 1. The third-order valence-electron chi connectivity index (χ3n) is 8.77. The Kier molecular flexibility index (Phi) is 11.2. The first-order valence-electron chi connectivity index (χ1n) is 15.3. The molecular weight excluding hydrogens is 599 g/mol. The average Bonchev–Trinajstić information content (AvgIpc) is 3.80. The van der Waals surface area contributed by atoms with Gasteiger partial charge >= 0.3 is 7.82 Å². The number of carbonyl (C=O) groups excluding carboxylic acids is 6. The summed E-state index contributed by atoms with van der Waals surface area (Å²) in [5, 5.41) is 8.22. The lowest BCUT2D eigenvalue weighted by atomic mass is 10.1. The Balaban J connectivity index is 1.50. The molecular formula is C27H43N6O10P. The Morgan fingerprint density at radius 2 is 1.36 bits per heavy atom. The third kappa shape index (κ3) is 7.83. The molecule has 5 N–H and O–H groups in total. The molecule has 44 heavy (non-hydrogen) atoms. The minimum atomic E-state index is -5.09. The lowest BCUT2D eigenvalue weighted by Crippen LogP contribution is -2.60. The topological polar surface area (TPSA) is 215 Å². The molecule has 0 aromatic rings. The standard InChI is InChI=1S/C27H43N6O10P/c1-16(15-34)29-23(35)19-8-5-13-32(19)27(39)22(17(2)43-44(40,41)42)30-24(36)20-9-4-12-31(20)26(38)21-10-6-14-33(21)25(37)18-7-3-11-28-18/h15-22,28H,3-14H2,1-2H3,(H,29,35)(H,30,36)(H2,40,41,42)/t16-,17+,18-,19-,20-,21-,22-/m0/s1. The minimum Gasteiger partial charge on any atom is -0.345 e. The molecule has 0 bridgehead atoms. The van der Waals surface area contributed by atoms with E-state index < -0.39 is 61.9 Å². The molecule has 246 valence electrons. The van der Waals surface area contributed by atoms with E-state index in [1.54, 1.807) is 4.90 Å². The number of phosphoric ester groups is 1. The summed E-state index contributed by atoms with van der Waals surface area (Å²) in [6.45, 7) is 4.29. The van der Waals surface area contributed by atoms with Crippen molar-refractivity contribution in [3.8, 4) is 0 Å². The fraction of sp³-hybridized carbons (Fsp3) is 0.778. The Morgan fingerprint density at radius 1 is 0.818 bits per heavy atom. The van der Waals surface area contributed by atoms with Crippen molar-refractivity contribution in [2.75, 3.05) is 26.2 Å². The first kappa shape index (κ1) is 34.0. The van der Waals surface area contributed by atoms with E-state index in [2.05, 4.69) is 16.0 Å². The maximum absolute atomic E-state index is 13.8. The maximum atomic E-state index is 13.8. The van der Waals surface area contributed by atoms with Gasteiger partial charge in [-0.25, -0.2) is 4.57 Å². The van der Waals surface area contributed by atoms with Gasteiger partial charge in [-0.3, -0.25) is 28.5 Å². The Labute approximate surface area is 255 Å². The Morgan fingerprint density at radius 3 is 1.93 bits per heavy atom. The van der Waals surface area contributed by atoms with E-state index in [1.165, 1.54) is 23.6 Å². The molecule has 4 aliphatic rings. The monoisotopic (exact) mass is 642 g/mol. The predicted molar refractivity (Wildman–Crippen MR) is 153 cm³/mol. The SMILES string of the molecule is C[C@@H](C=O)NC(=O)[C@@H]1CCCN1C(=O)[C@@H](NC(=O)[C@@H]1CCCN1C(=O)[C@@H]1CCCN1C(=O)[C@@H]1CCCN1)[C@@H](C)OP(=O)(O)O. The molecule has 0 spiro atoms. The van der Waals surface area contributed by atoms with E-state index in [0.29, 0.717) is 44.9 Å². The van der Waals surface area contributed by atoms with Crippen LogP contribution in [0.4, 0.5) is 0 Å². The van der Waals surface area contributed by atoms with Crippen LogP contribution in [0, 0.1) is 0 Å². The number of hydrogen-bond acceptors (Lipinski definition) is 9. The summed E-state index contributed by atoms with van der Waals surface area (Å²) >= 11 is 0. The van der Waals surface area contributed by atoms with Crippen molar-refractivity contribution in [3.63, 3.8) is 0 Å². The number of carbonyl (C=O) groups is 6. The van der Waals surface area contributed by atoms with Crippen molar-refractivity contribution in [2.45, 2.75) is 108 Å². The molecule has 16 nitrogen and oxygen atoms in total. The summed E-state index contributed by atoms with van der Waals surface area (Å²) in [6.07, 6.45) is 3.27. The van der Waals surface area contributed by atoms with Crippen molar-refractivity contribution in [3.05, 3.63) is 0 Å². The second-order valence-corrected chi connectivity index (χ2v) is 13.1. The molecule has 4 heterocycles. The van der Waals surface area contributed by atoms with E-state index in [4.69, 9.17) is 4.52 Å². The van der Waals surface area contributed by atoms with E-state index in [0.717, 1.165) is 13.0 Å². The molecule has 0 saturated carbocycles. The first-order valence-corrected chi connectivity index (χ1v) is 16.8. The highest BCUT2D eigenvalue weighted by Crippen LogP contribution is 2.38. The normalized spacial score (nSPS) is 27.6. The van der Waals surface area contributed by atoms with Crippen LogP contribution in [-0.4, -0.2) is 129 Å². The van der Waals surface area contributed by atoms with E-state index in [-0.39, 0.29) is 43.8 Å². The Bertz CT molecular complexity index is 1180. The molecule has 0 aromatic heterocycles. The van der Waals surface area contributed by atoms with Gasteiger partial charge in [-0.05, 0) is 71.8 Å². The quantitative estimate of drug-likeness (QED) is 0.128. The van der Waals surface area contributed by atoms with Gasteiger partial charge in [-0.1, -0.05) is 0 Å². The van der Waals surface area contributed by atoms with Gasteiger partial charge in [0.25, 0.3) is 0 Å². The summed E-state index contributed by atoms with van der Waals surface area (Å²) in [7, 11) is -5.09. The fourth-order valence-electron chi connectivity index (χ4n) is 6.62. The molecule has 4 fully saturated rings. The molecule has 0 aromatic carbocycles. The van der Waals surface area contributed by atoms with Gasteiger partial charge in [-0.15, -0.1) is 0 Å². The molecule has 0 aliphatic carbocycles. The summed E-state index contributed by atoms with van der Waals surface area (Å²) in [5.41, 5.74) is 0. The highest BCUT2D eigenvalue weighted by Gasteiger charge is 2.46. The van der Waals surface area contributed by atoms with Crippen molar-refractivity contribution in [1.82, 2.24) is 30.7 Å². The van der Waals surface area contributed by atoms with Crippen molar-refractivity contribution < 1.29 is 47.6 Å². The molecule has 4 aliphatic heterocycles. The van der Waals surface area contributed by atoms with Gasteiger partial charge in [0.2, 0.25) is 29.5 Å². The molecule has 7 atom stereocenters. The van der Waals surface area contributed by atoms with Crippen LogP contribution < -0.4 is 16.0 Å². The molecule has 5 amide bonds. The van der Waals surface area contributed by atoms with Crippen LogP contribution >= 0.6 is 7.82 Å². The Hall–Kier alpha value is -2.91. The third-order valence-corrected chi connectivity index (χ3v) is 9.37. The number of amides is 5. The van der Waals surface area contributed by atoms with E-state index in [1.807, 2.05) is 0 Å². The number of nitrogens with zero attached hydrogens (tertiary/aromatic N) is 3. The highest BCUT2D eigenvalue weighted by atomic mass is 31.2. The zero-order valence-electron chi connectivity index (χ0n) is 25.1. The summed E-state index contributed by atoms with van der Waals surface area (Å²) in [6, 6.07) is -5.36. The van der Waals surface area contributed by atoms with E-state index >= 15 is 0 Å². The van der Waals surface area contributed by atoms with Gasteiger partial charge in [0.1, 0.15) is 30.5 Å². The van der Waals surface area contributed by atoms with Gasteiger partial charge in [0.05, 0.1) is 18.2 Å². The molecule has 0 unspecified atom stereocenters. The molecule has 17 heteroatoms. The van der Waals surface area contributed by atoms with Crippen molar-refractivity contribution in [1.29, 1.82) is 0 Å². The van der Waals surface area contributed by atoms with Crippen LogP contribution in [0.15, 0.2) is 0 Å². The largest absolute Gasteiger partial charge is 0.469 e. The smallest absolute Gasteiger partial charge is 0.345 e. The van der Waals surface area contributed by atoms with Crippen LogP contribution in [0.2, 0.25) is 0 Å². The molecule has 0 radical (unpaired) electrons. The minimum absolute atomic E-state index is 0.126. The van der Waals surface area contributed by atoms with Gasteiger partial charge in [0, 0.05) is 19.6 Å². The number of nitrogens with one attached hydrogen (secondary N) is 3. The van der Waals surface area contributed by atoms with Gasteiger partial charge in [-0.2, -0.15) is 0 Å². The summed E-state index contributed by atoms with van der Waals surface area (Å²) in [4.78, 5) is 101. The van der Waals surface area contributed by atoms with Crippen LogP contribution in [0.3, 0.4) is 0 Å². The number of likely N-dealkylation sites (tertiary alicyclic amines) is 3. The summed E-state index contributed by atoms with van der Waals surface area (Å²) in [5.74, 6) is -2.55. The second-order valence-electron chi connectivity index (χ2n) is 11.9. The predicted octanol–water partition coefficient (Wildman–Crippen LogP) is -1.60. The van der Waals surface area contributed by atoms with Crippen molar-refractivity contribution in [2.24, 2.45) is 0 Å². The first-order chi connectivity index (χ1) is 20.8. The van der Waals surface area contributed by atoms with Gasteiger partial charge in [0.15, 0.2) is 0 Å². The fourth-order valence-corrected chi connectivity index (χ4v) is 7.18. The molecule has 4 rings (SSSR count). The molecule has 4 saturated heterocycles. The maximum Gasteiger partial charge on any atom is 0.469 e. The van der Waals surface area contributed by atoms with Crippen LogP contribution in [0.25, 0.3) is 0 Å². The van der Waals surface area contributed by atoms with E-state index in [9.17, 15) is 43.1 Å². The zero-order valence-corrected chi connectivity index (χ0v) is 25.9. The number of rotatable bonds is 11. The lowest BCUT2D eigenvalue weighted by Gasteiger charge is -2.34. The number of phosphoric acid groups is 1. The highest BCUT2D eigenvalue weighted by molar-refractivity contribution is 7.46. The zero-order chi connectivity index (χ0) is 32.2. The lowest BCUT2D eigenvalue weighted by molar-refractivity contribution is -0.148.